The van der Waals surface area contributed by atoms with Gasteiger partial charge in [0.25, 0.3) is 5.91 Å². The number of aryl methyl sites for hydroxylation is 1. The zero-order valence-corrected chi connectivity index (χ0v) is 20.1. The van der Waals surface area contributed by atoms with Gasteiger partial charge in [-0.15, -0.1) is 0 Å². The van der Waals surface area contributed by atoms with Crippen LogP contribution in [0.5, 0.6) is 0 Å². The second-order valence-corrected chi connectivity index (χ2v) is 8.96. The Balaban J connectivity index is 1.42. The van der Waals surface area contributed by atoms with E-state index in [0.29, 0.717) is 35.9 Å². The van der Waals surface area contributed by atoms with Crippen LogP contribution in [0.25, 0.3) is 28.2 Å². The quantitative estimate of drug-likeness (QED) is 0.385. The van der Waals surface area contributed by atoms with E-state index >= 15 is 0 Å². The first-order valence-electron chi connectivity index (χ1n) is 12.1. The van der Waals surface area contributed by atoms with Crippen molar-refractivity contribution in [3.8, 4) is 22.5 Å². The molecule has 0 atom stereocenters. The maximum Gasteiger partial charge on any atom is 0.256 e. The summed E-state index contributed by atoms with van der Waals surface area (Å²) in [5.74, 6) is 0.0656. The van der Waals surface area contributed by atoms with E-state index in [0.717, 1.165) is 35.4 Å². The van der Waals surface area contributed by atoms with Gasteiger partial charge in [0, 0.05) is 49.7 Å². The van der Waals surface area contributed by atoms with Gasteiger partial charge in [-0.2, -0.15) is 10.2 Å². The average molecular weight is 498 g/mol. The number of anilines is 1. The minimum Gasteiger partial charge on any atom is -0.381 e. The Morgan fingerprint density at radius 3 is 2.54 bits per heavy atom. The van der Waals surface area contributed by atoms with Crippen LogP contribution in [0.15, 0.2) is 67.1 Å². The molecule has 5 aromatic rings. The molecule has 1 N–H and O–H groups in total. The van der Waals surface area contributed by atoms with Crippen molar-refractivity contribution in [3.05, 3.63) is 84.2 Å². The highest BCUT2D eigenvalue weighted by molar-refractivity contribution is 6.03. The number of carbonyl (C=O) groups excluding carboxylic acids is 1. The number of hydrogen-bond donors (Lipinski definition) is 1. The fraction of sp³-hybridized carbons (Fsp3) is 0.222. The van der Waals surface area contributed by atoms with Gasteiger partial charge in [-0.25, -0.2) is 13.9 Å². The van der Waals surface area contributed by atoms with E-state index in [4.69, 9.17) is 14.9 Å². The molecule has 1 aliphatic heterocycles. The molecule has 1 aromatic carbocycles. The summed E-state index contributed by atoms with van der Waals surface area (Å²) in [5, 5.41) is 12.5. The molecular weight excluding hydrogens is 473 g/mol. The number of imidazole rings is 1. The van der Waals surface area contributed by atoms with Crippen molar-refractivity contribution in [2.45, 2.75) is 18.8 Å². The van der Waals surface area contributed by atoms with Crippen LogP contribution >= 0.6 is 0 Å². The van der Waals surface area contributed by atoms with Crippen LogP contribution in [-0.2, 0) is 11.8 Å². The lowest BCUT2D eigenvalue weighted by molar-refractivity contribution is 0.0838. The number of ether oxygens (including phenoxy) is 1. The summed E-state index contributed by atoms with van der Waals surface area (Å²) in [6.07, 6.45) is 6.58. The van der Waals surface area contributed by atoms with E-state index in [-0.39, 0.29) is 17.6 Å². The number of amides is 1. The van der Waals surface area contributed by atoms with E-state index in [1.807, 2.05) is 23.9 Å². The van der Waals surface area contributed by atoms with Crippen molar-refractivity contribution < 1.29 is 13.9 Å². The van der Waals surface area contributed by atoms with Gasteiger partial charge < -0.3 is 10.1 Å². The zero-order chi connectivity index (χ0) is 25.4. The molecule has 6 rings (SSSR count). The maximum atomic E-state index is 13.7. The first-order valence-corrected chi connectivity index (χ1v) is 12.1. The molecule has 1 fully saturated rings. The predicted molar refractivity (Wildman–Crippen MR) is 136 cm³/mol. The molecule has 9 nitrogen and oxygen atoms in total. The number of halogens is 1. The SMILES string of the molecule is Cn1nc(-c2ccc(F)cc2)c(-c2ccc3nc(NC(=O)c4ccncc4)cn3n2)c1C1CCOCC1. The Labute approximate surface area is 211 Å². The van der Waals surface area contributed by atoms with Gasteiger partial charge in [0.15, 0.2) is 11.5 Å². The number of nitrogens with zero attached hydrogens (tertiary/aromatic N) is 6. The van der Waals surface area contributed by atoms with Crippen LogP contribution in [0.3, 0.4) is 0 Å². The molecular formula is C27H24FN7O2. The van der Waals surface area contributed by atoms with Crippen LogP contribution in [-0.4, -0.2) is 48.5 Å². The second kappa shape index (κ2) is 9.55. The number of pyridine rings is 1. The molecule has 186 valence electrons. The fourth-order valence-electron chi connectivity index (χ4n) is 4.81. The van der Waals surface area contributed by atoms with Crippen LogP contribution in [0, 0.1) is 5.82 Å². The van der Waals surface area contributed by atoms with Gasteiger partial charge in [-0.1, -0.05) is 0 Å². The summed E-state index contributed by atoms with van der Waals surface area (Å²) < 4.78 is 22.8. The third-order valence-corrected chi connectivity index (χ3v) is 6.58. The molecule has 0 unspecified atom stereocenters. The van der Waals surface area contributed by atoms with E-state index in [9.17, 15) is 9.18 Å². The molecule has 0 aliphatic carbocycles. The summed E-state index contributed by atoms with van der Waals surface area (Å²) >= 11 is 0. The Hall–Kier alpha value is -4.44. The summed E-state index contributed by atoms with van der Waals surface area (Å²) in [5.41, 5.74) is 5.31. The van der Waals surface area contributed by atoms with Gasteiger partial charge in [0.2, 0.25) is 0 Å². The van der Waals surface area contributed by atoms with E-state index < -0.39 is 0 Å². The summed E-state index contributed by atoms with van der Waals surface area (Å²) in [7, 11) is 1.93. The molecule has 10 heteroatoms. The van der Waals surface area contributed by atoms with Crippen molar-refractivity contribution in [2.24, 2.45) is 7.05 Å². The highest BCUT2D eigenvalue weighted by Gasteiger charge is 2.28. The maximum absolute atomic E-state index is 13.7. The highest BCUT2D eigenvalue weighted by Crippen LogP contribution is 2.40. The van der Waals surface area contributed by atoms with Crippen molar-refractivity contribution in [1.29, 1.82) is 0 Å². The number of benzene rings is 1. The van der Waals surface area contributed by atoms with Gasteiger partial charge in [-0.3, -0.25) is 14.5 Å². The fourth-order valence-corrected chi connectivity index (χ4v) is 4.81. The van der Waals surface area contributed by atoms with E-state index in [1.165, 1.54) is 12.1 Å². The summed E-state index contributed by atoms with van der Waals surface area (Å²) in [6, 6.07) is 13.4. The minimum atomic E-state index is -0.301. The standard InChI is InChI=1S/C27H24FN7O2/c1-34-26(18-10-14-37-15-11-18)24(25(33-34)17-2-4-20(28)5-3-17)21-6-7-23-30-22(16-35(23)32-21)31-27(36)19-8-12-29-13-9-19/h2-9,12-13,16,18H,10-11,14-15H2,1H3,(H,31,36). The molecule has 0 spiro atoms. The number of hydrogen-bond acceptors (Lipinski definition) is 6. The van der Waals surface area contributed by atoms with Gasteiger partial charge in [0.05, 0.1) is 23.1 Å². The van der Waals surface area contributed by atoms with Crippen molar-refractivity contribution >= 4 is 17.4 Å². The molecule has 1 aliphatic rings. The van der Waals surface area contributed by atoms with Crippen LogP contribution < -0.4 is 5.32 Å². The Morgan fingerprint density at radius 2 is 1.78 bits per heavy atom. The number of fused-ring (bicyclic) bond motifs is 1. The molecule has 5 heterocycles. The lowest BCUT2D eigenvalue weighted by Gasteiger charge is -2.23. The number of rotatable bonds is 5. The first kappa shape index (κ1) is 23.0. The monoisotopic (exact) mass is 497 g/mol. The molecule has 0 saturated carbocycles. The second-order valence-electron chi connectivity index (χ2n) is 8.96. The number of carbonyl (C=O) groups is 1. The molecule has 0 radical (unpaired) electrons. The Bertz CT molecular complexity index is 1570. The highest BCUT2D eigenvalue weighted by atomic mass is 19.1. The molecule has 0 bridgehead atoms. The van der Waals surface area contributed by atoms with Crippen LogP contribution in [0.2, 0.25) is 0 Å². The molecule has 37 heavy (non-hydrogen) atoms. The third kappa shape index (κ3) is 4.47. The van der Waals surface area contributed by atoms with Crippen LogP contribution in [0.4, 0.5) is 10.2 Å². The summed E-state index contributed by atoms with van der Waals surface area (Å²) in [4.78, 5) is 21.0. The van der Waals surface area contributed by atoms with Crippen molar-refractivity contribution in [3.63, 3.8) is 0 Å². The lowest BCUT2D eigenvalue weighted by atomic mass is 9.90. The lowest BCUT2D eigenvalue weighted by Crippen LogP contribution is -2.17. The topological polar surface area (TPSA) is 99.2 Å². The smallest absolute Gasteiger partial charge is 0.256 e. The van der Waals surface area contributed by atoms with Gasteiger partial charge in [-0.05, 0) is 61.4 Å². The first-order chi connectivity index (χ1) is 18.1. The number of nitrogens with one attached hydrogen (secondary N) is 1. The van der Waals surface area contributed by atoms with Crippen molar-refractivity contribution in [2.75, 3.05) is 18.5 Å². The normalized spacial score (nSPS) is 14.2. The largest absolute Gasteiger partial charge is 0.381 e. The van der Waals surface area contributed by atoms with Gasteiger partial charge >= 0.3 is 0 Å². The average Bonchev–Trinajstić information content (AvgIpc) is 3.49. The number of aromatic nitrogens is 6. The Morgan fingerprint density at radius 1 is 1.03 bits per heavy atom. The van der Waals surface area contributed by atoms with Crippen molar-refractivity contribution in [1.82, 2.24) is 29.4 Å². The third-order valence-electron chi connectivity index (χ3n) is 6.58. The van der Waals surface area contributed by atoms with Gasteiger partial charge in [0.1, 0.15) is 11.5 Å². The molecule has 1 saturated heterocycles. The molecule has 1 amide bonds. The zero-order valence-electron chi connectivity index (χ0n) is 20.1. The van der Waals surface area contributed by atoms with Crippen LogP contribution in [0.1, 0.15) is 34.8 Å². The van der Waals surface area contributed by atoms with E-state index in [2.05, 4.69) is 15.3 Å². The summed E-state index contributed by atoms with van der Waals surface area (Å²) in [6.45, 7) is 1.38. The minimum absolute atomic E-state index is 0.256. The van der Waals surface area contributed by atoms with E-state index in [1.54, 1.807) is 47.4 Å². The predicted octanol–water partition coefficient (Wildman–Crippen LogP) is 4.48. The molecule has 4 aromatic heterocycles. The Kier molecular flexibility index (Phi) is 5.93.